The molecule has 0 aromatic carbocycles. The summed E-state index contributed by atoms with van der Waals surface area (Å²) in [5.41, 5.74) is 0. The molecule has 64 valence electrons. The summed E-state index contributed by atoms with van der Waals surface area (Å²) < 4.78 is 4.61. The number of aliphatic carboxylic acids is 1. The zero-order chi connectivity index (χ0) is 9.11. The van der Waals surface area contributed by atoms with Crippen molar-refractivity contribution < 1.29 is 14.6 Å². The molecule has 0 saturated carbocycles. The van der Waals surface area contributed by atoms with Crippen molar-refractivity contribution in [1.82, 2.24) is 0 Å². The minimum Gasteiger partial charge on any atom is -0.501 e. The molecule has 0 radical (unpaired) electrons. The molecule has 0 fully saturated rings. The van der Waals surface area contributed by atoms with Crippen LogP contribution in [0.25, 0.3) is 0 Å². The monoisotopic (exact) mass is 178 g/mol. The summed E-state index contributed by atoms with van der Waals surface area (Å²) in [5, 5.41) is 7.60. The average molecular weight is 179 g/mol. The van der Waals surface area contributed by atoms with Crippen LogP contribution in [0.1, 0.15) is 0 Å². The highest BCUT2D eigenvalue weighted by Gasteiger charge is 1.73. The predicted molar refractivity (Wildman–Crippen MR) is 44.7 cm³/mol. The summed E-state index contributed by atoms with van der Waals surface area (Å²) in [7, 11) is 0. The topological polar surface area (TPSA) is 46.5 Å². The van der Waals surface area contributed by atoms with Gasteiger partial charge in [0.25, 0.3) is 0 Å². The van der Waals surface area contributed by atoms with Gasteiger partial charge in [0.2, 0.25) is 0 Å². The van der Waals surface area contributed by atoms with E-state index in [1.165, 1.54) is 6.26 Å². The fraction of sp³-hybridized carbons (Fsp3) is 0.286. The van der Waals surface area contributed by atoms with Crippen molar-refractivity contribution in [2.24, 2.45) is 0 Å². The number of carboxylic acids is 1. The summed E-state index contributed by atoms with van der Waals surface area (Å²) in [5.74, 6) is -0.448. The second-order valence-electron chi connectivity index (χ2n) is 1.27. The third-order valence-corrected chi connectivity index (χ3v) is 0.642. The zero-order valence-corrected chi connectivity index (χ0v) is 6.88. The average Bonchev–Trinajstić information content (AvgIpc) is 2.02. The van der Waals surface area contributed by atoms with Crippen LogP contribution in [0.4, 0.5) is 0 Å². The van der Waals surface area contributed by atoms with Crippen molar-refractivity contribution in [2.45, 2.75) is 0 Å². The first kappa shape index (κ1) is 12.7. The van der Waals surface area contributed by atoms with Crippen LogP contribution >= 0.6 is 11.6 Å². The molecule has 0 aliphatic carbocycles. The zero-order valence-electron chi connectivity index (χ0n) is 6.12. The molecule has 0 aromatic rings. The fourth-order valence-electron chi connectivity index (χ4n) is 0.128. The molecule has 0 unspecified atom stereocenters. The molecule has 1 N–H and O–H groups in total. The molecule has 0 heterocycles. The first-order valence-electron chi connectivity index (χ1n) is 2.82. The molecule has 11 heavy (non-hydrogen) atoms. The second kappa shape index (κ2) is 11.8. The molecule has 3 nitrogen and oxygen atoms in total. The van der Waals surface area contributed by atoms with Crippen molar-refractivity contribution in [3.63, 3.8) is 0 Å². The molecule has 4 heteroatoms. The Morgan fingerprint density at radius 3 is 2.18 bits per heavy atom. The SMILES string of the molecule is C=CC(=O)O.C=COCCCl. The quantitative estimate of drug-likeness (QED) is 0.308. The van der Waals surface area contributed by atoms with Crippen LogP contribution in [0.3, 0.4) is 0 Å². The van der Waals surface area contributed by atoms with Crippen molar-refractivity contribution in [3.8, 4) is 0 Å². The number of ether oxygens (including phenoxy) is 1. The molecule has 0 rings (SSSR count). The van der Waals surface area contributed by atoms with Gasteiger partial charge in [0.05, 0.1) is 12.1 Å². The minimum atomic E-state index is -0.981. The van der Waals surface area contributed by atoms with Crippen LogP contribution in [0.15, 0.2) is 25.5 Å². The van der Waals surface area contributed by atoms with Gasteiger partial charge in [-0.3, -0.25) is 0 Å². The van der Waals surface area contributed by atoms with Gasteiger partial charge < -0.3 is 9.84 Å². The lowest BCUT2D eigenvalue weighted by molar-refractivity contribution is -0.131. The number of carboxylic acid groups (broad SMARTS) is 1. The summed E-state index contributed by atoms with van der Waals surface area (Å²) in [6.45, 7) is 6.84. The van der Waals surface area contributed by atoms with E-state index in [0.717, 1.165) is 6.08 Å². The van der Waals surface area contributed by atoms with E-state index in [9.17, 15) is 4.79 Å². The lowest BCUT2D eigenvalue weighted by Crippen LogP contribution is -1.84. The Balaban J connectivity index is 0. The summed E-state index contributed by atoms with van der Waals surface area (Å²) in [6, 6.07) is 0. The Morgan fingerprint density at radius 2 is 2.09 bits per heavy atom. The molecule has 0 bridgehead atoms. The predicted octanol–water partition coefficient (Wildman–Crippen LogP) is 1.64. The maximum absolute atomic E-state index is 9.25. The van der Waals surface area contributed by atoms with E-state index < -0.39 is 5.97 Å². The van der Waals surface area contributed by atoms with Crippen LogP contribution in [-0.4, -0.2) is 23.6 Å². The van der Waals surface area contributed by atoms with E-state index in [0.29, 0.717) is 12.5 Å². The molecule has 0 amide bonds. The van der Waals surface area contributed by atoms with E-state index in [1.54, 1.807) is 0 Å². The second-order valence-corrected chi connectivity index (χ2v) is 1.65. The van der Waals surface area contributed by atoms with Gasteiger partial charge in [-0.2, -0.15) is 0 Å². The van der Waals surface area contributed by atoms with Gasteiger partial charge in [0, 0.05) is 6.08 Å². The third-order valence-electron chi connectivity index (χ3n) is 0.487. The highest BCUT2D eigenvalue weighted by atomic mass is 35.5. The van der Waals surface area contributed by atoms with Gasteiger partial charge in [-0.1, -0.05) is 13.2 Å². The Morgan fingerprint density at radius 1 is 1.64 bits per heavy atom. The molecular formula is C7H11ClO3. The summed E-state index contributed by atoms with van der Waals surface area (Å²) in [6.07, 6.45) is 2.21. The lowest BCUT2D eigenvalue weighted by Gasteiger charge is -1.89. The molecular weight excluding hydrogens is 168 g/mol. The van der Waals surface area contributed by atoms with E-state index in [-0.39, 0.29) is 0 Å². The number of rotatable bonds is 4. The number of halogens is 1. The fourth-order valence-corrected chi connectivity index (χ4v) is 0.217. The third kappa shape index (κ3) is 27.5. The summed E-state index contributed by atoms with van der Waals surface area (Å²) >= 11 is 5.21. The Labute approximate surface area is 70.9 Å². The van der Waals surface area contributed by atoms with Gasteiger partial charge in [0.1, 0.15) is 6.61 Å². The Kier molecular flexibility index (Phi) is 13.6. The Bertz CT molecular complexity index is 123. The lowest BCUT2D eigenvalue weighted by atomic mass is 10.7. The maximum atomic E-state index is 9.25. The molecule has 0 spiro atoms. The normalized spacial score (nSPS) is 7.00. The number of hydrogen-bond donors (Lipinski definition) is 1. The van der Waals surface area contributed by atoms with E-state index in [1.807, 2.05) is 0 Å². The minimum absolute atomic E-state index is 0.534. The van der Waals surface area contributed by atoms with Gasteiger partial charge >= 0.3 is 5.97 Å². The first-order valence-corrected chi connectivity index (χ1v) is 3.36. The smallest absolute Gasteiger partial charge is 0.327 e. The first-order chi connectivity index (χ1) is 5.18. The van der Waals surface area contributed by atoms with Crippen LogP contribution in [0, 0.1) is 0 Å². The van der Waals surface area contributed by atoms with Gasteiger partial charge in [-0.05, 0) is 0 Å². The molecule has 0 aromatic heterocycles. The number of carbonyl (C=O) groups is 1. The standard InChI is InChI=1S/C4H7ClO.C3H4O2/c1-2-6-4-3-5;1-2-3(4)5/h2H,1,3-4H2;2H,1H2,(H,4,5). The number of alkyl halides is 1. The van der Waals surface area contributed by atoms with Crippen LogP contribution in [0.5, 0.6) is 0 Å². The highest BCUT2D eigenvalue weighted by molar-refractivity contribution is 6.17. The van der Waals surface area contributed by atoms with Crippen LogP contribution in [-0.2, 0) is 9.53 Å². The highest BCUT2D eigenvalue weighted by Crippen LogP contribution is 1.75. The maximum Gasteiger partial charge on any atom is 0.327 e. The van der Waals surface area contributed by atoms with Crippen LogP contribution in [0.2, 0.25) is 0 Å². The van der Waals surface area contributed by atoms with E-state index in [2.05, 4.69) is 17.9 Å². The van der Waals surface area contributed by atoms with Crippen molar-refractivity contribution in [1.29, 1.82) is 0 Å². The summed E-state index contributed by atoms with van der Waals surface area (Å²) in [4.78, 5) is 9.25. The van der Waals surface area contributed by atoms with Crippen molar-refractivity contribution in [2.75, 3.05) is 12.5 Å². The molecule has 0 saturated heterocycles. The molecule has 0 aliphatic heterocycles. The Hall–Kier alpha value is -0.960. The van der Waals surface area contributed by atoms with E-state index >= 15 is 0 Å². The molecule has 0 atom stereocenters. The van der Waals surface area contributed by atoms with Crippen LogP contribution < -0.4 is 0 Å². The number of hydrogen-bond acceptors (Lipinski definition) is 2. The van der Waals surface area contributed by atoms with Gasteiger partial charge in [-0.15, -0.1) is 11.6 Å². The van der Waals surface area contributed by atoms with Gasteiger partial charge in [-0.25, -0.2) is 4.79 Å². The van der Waals surface area contributed by atoms with E-state index in [4.69, 9.17) is 16.7 Å². The largest absolute Gasteiger partial charge is 0.501 e. The van der Waals surface area contributed by atoms with Crippen molar-refractivity contribution in [3.05, 3.63) is 25.5 Å². The van der Waals surface area contributed by atoms with Gasteiger partial charge in [0.15, 0.2) is 0 Å². The van der Waals surface area contributed by atoms with Crippen molar-refractivity contribution >= 4 is 17.6 Å². The molecule has 0 aliphatic rings.